The van der Waals surface area contributed by atoms with Crippen LogP contribution in [0.4, 0.5) is 11.4 Å². The number of hydrogen-bond acceptors (Lipinski definition) is 4. The summed E-state index contributed by atoms with van der Waals surface area (Å²) in [6, 6.07) is 3.77. The molecule has 0 unspecified atom stereocenters. The highest BCUT2D eigenvalue weighted by Gasteiger charge is 2.17. The van der Waals surface area contributed by atoms with E-state index in [-0.39, 0.29) is 0 Å². The van der Waals surface area contributed by atoms with E-state index in [1.807, 2.05) is 12.1 Å². The van der Waals surface area contributed by atoms with Crippen molar-refractivity contribution in [3.05, 3.63) is 16.6 Å². The lowest BCUT2D eigenvalue weighted by Crippen LogP contribution is -2.36. The molecule has 16 heavy (non-hydrogen) atoms. The number of halogens is 1. The average Bonchev–Trinajstić information content (AvgIpc) is 2.29. The molecular weight excluding hydrogens is 272 g/mol. The molecule has 5 heteroatoms. The van der Waals surface area contributed by atoms with Gasteiger partial charge in [0.25, 0.3) is 0 Å². The molecule has 0 saturated carbocycles. The number of hydrogen-bond donors (Lipinski definition) is 1. The third-order valence-corrected chi connectivity index (χ3v) is 3.23. The largest absolute Gasteiger partial charge is 0.497 e. The first-order valence-electron chi connectivity index (χ1n) is 5.18. The van der Waals surface area contributed by atoms with Crippen LogP contribution in [0, 0.1) is 0 Å². The molecule has 0 aromatic heterocycles. The van der Waals surface area contributed by atoms with Crippen LogP contribution in [0.3, 0.4) is 0 Å². The van der Waals surface area contributed by atoms with Crippen LogP contribution in [-0.2, 0) is 4.74 Å². The summed E-state index contributed by atoms with van der Waals surface area (Å²) in [6.45, 7) is 3.24. The first-order valence-corrected chi connectivity index (χ1v) is 5.97. The summed E-state index contributed by atoms with van der Waals surface area (Å²) < 4.78 is 11.5. The van der Waals surface area contributed by atoms with Crippen molar-refractivity contribution < 1.29 is 9.47 Å². The summed E-state index contributed by atoms with van der Waals surface area (Å²) in [7, 11) is 1.63. The lowest BCUT2D eigenvalue weighted by atomic mass is 10.2. The predicted molar refractivity (Wildman–Crippen MR) is 68.1 cm³/mol. The molecule has 2 N–H and O–H groups in total. The Kier molecular flexibility index (Phi) is 3.56. The molecule has 1 aromatic rings. The van der Waals surface area contributed by atoms with Crippen LogP contribution in [0.15, 0.2) is 16.6 Å². The molecular formula is C11H15BrN2O2. The number of ether oxygens (including phenoxy) is 2. The molecule has 2 rings (SSSR count). The Labute approximate surface area is 103 Å². The maximum atomic E-state index is 6.04. The molecule has 1 saturated heterocycles. The highest BCUT2D eigenvalue weighted by Crippen LogP contribution is 2.36. The number of nitrogens with zero attached hydrogens (tertiary/aromatic N) is 1. The fourth-order valence-corrected chi connectivity index (χ4v) is 2.54. The van der Waals surface area contributed by atoms with Gasteiger partial charge in [0.05, 0.1) is 31.7 Å². The maximum Gasteiger partial charge on any atom is 0.122 e. The van der Waals surface area contributed by atoms with Gasteiger partial charge in [0, 0.05) is 23.6 Å². The zero-order valence-electron chi connectivity index (χ0n) is 9.20. The van der Waals surface area contributed by atoms with Gasteiger partial charge in [-0.2, -0.15) is 0 Å². The average molecular weight is 287 g/mol. The Morgan fingerprint density at radius 3 is 2.62 bits per heavy atom. The van der Waals surface area contributed by atoms with Crippen molar-refractivity contribution in [2.45, 2.75) is 0 Å². The van der Waals surface area contributed by atoms with Gasteiger partial charge in [0.15, 0.2) is 0 Å². The standard InChI is InChI=1S/C11H15BrN2O2/c1-15-8-6-9(12)11(10(13)7-8)14-2-4-16-5-3-14/h6-7H,2-5,13H2,1H3. The van der Waals surface area contributed by atoms with Crippen LogP contribution >= 0.6 is 15.9 Å². The third-order valence-electron chi connectivity index (χ3n) is 2.63. The number of rotatable bonds is 2. The molecule has 1 aromatic carbocycles. The summed E-state index contributed by atoms with van der Waals surface area (Å²) >= 11 is 3.53. The van der Waals surface area contributed by atoms with E-state index in [1.54, 1.807) is 7.11 Å². The molecule has 0 amide bonds. The van der Waals surface area contributed by atoms with Crippen LogP contribution in [-0.4, -0.2) is 33.4 Å². The Morgan fingerprint density at radius 2 is 2.06 bits per heavy atom. The fraction of sp³-hybridized carbons (Fsp3) is 0.455. The minimum atomic E-state index is 0.730. The van der Waals surface area contributed by atoms with E-state index >= 15 is 0 Å². The van der Waals surface area contributed by atoms with Gasteiger partial charge in [-0.1, -0.05) is 0 Å². The number of nitrogens with two attached hydrogens (primary N) is 1. The quantitative estimate of drug-likeness (QED) is 0.844. The summed E-state index contributed by atoms with van der Waals surface area (Å²) in [5.41, 5.74) is 7.80. The summed E-state index contributed by atoms with van der Waals surface area (Å²) in [5, 5.41) is 0. The predicted octanol–water partition coefficient (Wildman–Crippen LogP) is 1.88. The molecule has 0 spiro atoms. The van der Waals surface area contributed by atoms with E-state index in [2.05, 4.69) is 20.8 Å². The van der Waals surface area contributed by atoms with Gasteiger partial charge in [-0.05, 0) is 22.0 Å². The first-order chi connectivity index (χ1) is 7.72. The molecule has 1 heterocycles. The molecule has 4 nitrogen and oxygen atoms in total. The Balaban J connectivity index is 2.32. The molecule has 0 aliphatic carbocycles. The van der Waals surface area contributed by atoms with Crippen LogP contribution in [0.1, 0.15) is 0 Å². The molecule has 0 radical (unpaired) electrons. The Bertz CT molecular complexity index is 355. The van der Waals surface area contributed by atoms with Crippen molar-refractivity contribution in [1.29, 1.82) is 0 Å². The van der Waals surface area contributed by atoms with Crippen LogP contribution in [0.2, 0.25) is 0 Å². The van der Waals surface area contributed by atoms with E-state index in [4.69, 9.17) is 15.2 Å². The fourth-order valence-electron chi connectivity index (χ4n) is 1.83. The summed E-state index contributed by atoms with van der Waals surface area (Å²) in [6.07, 6.45) is 0. The second kappa shape index (κ2) is 4.93. The zero-order chi connectivity index (χ0) is 11.5. The normalized spacial score (nSPS) is 16.2. The van der Waals surface area contributed by atoms with E-state index in [0.717, 1.165) is 47.9 Å². The molecule has 0 bridgehead atoms. The van der Waals surface area contributed by atoms with Crippen molar-refractivity contribution in [2.24, 2.45) is 0 Å². The van der Waals surface area contributed by atoms with E-state index in [9.17, 15) is 0 Å². The van der Waals surface area contributed by atoms with Gasteiger partial charge in [-0.15, -0.1) is 0 Å². The second-order valence-electron chi connectivity index (χ2n) is 3.65. The smallest absolute Gasteiger partial charge is 0.122 e. The SMILES string of the molecule is COc1cc(N)c(N2CCOCC2)c(Br)c1. The van der Waals surface area contributed by atoms with Gasteiger partial charge in [0.2, 0.25) is 0 Å². The van der Waals surface area contributed by atoms with Gasteiger partial charge >= 0.3 is 0 Å². The number of morpholine rings is 1. The Morgan fingerprint density at radius 1 is 1.38 bits per heavy atom. The van der Waals surface area contributed by atoms with Gasteiger partial charge in [-0.3, -0.25) is 0 Å². The van der Waals surface area contributed by atoms with Gasteiger partial charge in [-0.25, -0.2) is 0 Å². The van der Waals surface area contributed by atoms with Crippen molar-refractivity contribution in [3.63, 3.8) is 0 Å². The molecule has 1 aliphatic heterocycles. The maximum absolute atomic E-state index is 6.04. The second-order valence-corrected chi connectivity index (χ2v) is 4.50. The van der Waals surface area contributed by atoms with E-state index < -0.39 is 0 Å². The van der Waals surface area contributed by atoms with Gasteiger partial charge in [0.1, 0.15) is 5.75 Å². The zero-order valence-corrected chi connectivity index (χ0v) is 10.8. The third kappa shape index (κ3) is 2.25. The van der Waals surface area contributed by atoms with Crippen LogP contribution in [0.25, 0.3) is 0 Å². The van der Waals surface area contributed by atoms with Crippen molar-refractivity contribution in [1.82, 2.24) is 0 Å². The van der Waals surface area contributed by atoms with Crippen LogP contribution in [0.5, 0.6) is 5.75 Å². The van der Waals surface area contributed by atoms with E-state index in [0.29, 0.717) is 0 Å². The number of methoxy groups -OCH3 is 1. The first kappa shape index (κ1) is 11.5. The molecule has 1 aliphatic rings. The highest BCUT2D eigenvalue weighted by molar-refractivity contribution is 9.10. The minimum Gasteiger partial charge on any atom is -0.497 e. The number of nitrogen functional groups attached to an aromatic ring is 1. The van der Waals surface area contributed by atoms with E-state index in [1.165, 1.54) is 0 Å². The summed E-state index contributed by atoms with van der Waals surface area (Å²) in [4.78, 5) is 2.22. The highest BCUT2D eigenvalue weighted by atomic mass is 79.9. The number of benzene rings is 1. The van der Waals surface area contributed by atoms with Crippen molar-refractivity contribution in [3.8, 4) is 5.75 Å². The number of anilines is 2. The summed E-state index contributed by atoms with van der Waals surface area (Å²) in [5.74, 6) is 0.765. The topological polar surface area (TPSA) is 47.7 Å². The van der Waals surface area contributed by atoms with Gasteiger partial charge < -0.3 is 20.1 Å². The minimum absolute atomic E-state index is 0.730. The Hall–Kier alpha value is -0.940. The van der Waals surface area contributed by atoms with Crippen LogP contribution < -0.4 is 15.4 Å². The van der Waals surface area contributed by atoms with Crippen molar-refractivity contribution >= 4 is 27.3 Å². The molecule has 1 fully saturated rings. The molecule has 88 valence electrons. The van der Waals surface area contributed by atoms with Crippen molar-refractivity contribution in [2.75, 3.05) is 44.0 Å². The lowest BCUT2D eigenvalue weighted by Gasteiger charge is -2.30. The monoisotopic (exact) mass is 286 g/mol. The molecule has 0 atom stereocenters. The lowest BCUT2D eigenvalue weighted by molar-refractivity contribution is 0.122.